The van der Waals surface area contributed by atoms with Gasteiger partial charge in [-0.3, -0.25) is 0 Å². The number of hydrogen-bond donors (Lipinski definition) is 1. The lowest BCUT2D eigenvalue weighted by molar-refractivity contribution is 0.296. The highest BCUT2D eigenvalue weighted by atomic mass is 16.5. The van der Waals surface area contributed by atoms with Crippen LogP contribution in [0.1, 0.15) is 36.6 Å². The van der Waals surface area contributed by atoms with Gasteiger partial charge in [0.2, 0.25) is 0 Å². The van der Waals surface area contributed by atoms with Crippen LogP contribution in [0.15, 0.2) is 48.7 Å². The van der Waals surface area contributed by atoms with Crippen molar-refractivity contribution in [2.75, 3.05) is 0 Å². The molecule has 3 rings (SSSR count). The van der Waals surface area contributed by atoms with Crippen molar-refractivity contribution < 1.29 is 9.84 Å². The fourth-order valence-corrected chi connectivity index (χ4v) is 2.49. The van der Waals surface area contributed by atoms with Gasteiger partial charge < -0.3 is 9.84 Å². The summed E-state index contributed by atoms with van der Waals surface area (Å²) in [7, 11) is 0. The van der Waals surface area contributed by atoms with E-state index in [0.717, 1.165) is 17.1 Å². The molecule has 1 heterocycles. The Morgan fingerprint density at radius 3 is 2.58 bits per heavy atom. The maximum absolute atomic E-state index is 9.35. The van der Waals surface area contributed by atoms with Crippen molar-refractivity contribution in [3.8, 4) is 17.2 Å². The number of aromatic nitrogens is 3. The molecule has 0 radical (unpaired) electrons. The topological polar surface area (TPSA) is 60.2 Å². The Morgan fingerprint density at radius 1 is 1.12 bits per heavy atom. The van der Waals surface area contributed by atoms with Crippen LogP contribution >= 0.6 is 0 Å². The smallest absolute Gasteiger partial charge is 0.134 e. The summed E-state index contributed by atoms with van der Waals surface area (Å²) in [6, 6.07) is 13.1. The second kappa shape index (κ2) is 6.74. The molecule has 0 fully saturated rings. The average Bonchev–Trinajstić information content (AvgIpc) is 3.02. The number of benzene rings is 2. The minimum atomic E-state index is 0.225. The fourth-order valence-electron chi connectivity index (χ4n) is 2.49. The van der Waals surface area contributed by atoms with E-state index in [9.17, 15) is 5.11 Å². The van der Waals surface area contributed by atoms with E-state index in [2.05, 4.69) is 49.3 Å². The van der Waals surface area contributed by atoms with Gasteiger partial charge in [-0.15, -0.1) is 5.10 Å². The molecule has 5 nitrogen and oxygen atoms in total. The van der Waals surface area contributed by atoms with Crippen molar-refractivity contribution in [2.24, 2.45) is 0 Å². The maximum Gasteiger partial charge on any atom is 0.134 e. The summed E-state index contributed by atoms with van der Waals surface area (Å²) >= 11 is 0. The fraction of sp³-hybridized carbons (Fsp3) is 0.263. The van der Waals surface area contributed by atoms with Crippen LogP contribution in [-0.4, -0.2) is 20.1 Å². The Bertz CT molecular complexity index is 823. The Kier molecular flexibility index (Phi) is 4.51. The predicted molar refractivity (Wildman–Crippen MR) is 92.6 cm³/mol. The van der Waals surface area contributed by atoms with E-state index in [1.807, 2.05) is 6.20 Å². The Labute approximate surface area is 141 Å². The normalized spacial score (nSPS) is 11.0. The summed E-state index contributed by atoms with van der Waals surface area (Å²) in [5.74, 6) is 1.51. The number of aryl methyl sites for hydroxylation is 1. The largest absolute Gasteiger partial charge is 0.508 e. The Morgan fingerprint density at radius 2 is 1.88 bits per heavy atom. The van der Waals surface area contributed by atoms with Crippen molar-refractivity contribution in [3.63, 3.8) is 0 Å². The van der Waals surface area contributed by atoms with Gasteiger partial charge in [-0.2, -0.15) is 0 Å². The van der Waals surface area contributed by atoms with Crippen LogP contribution in [0, 0.1) is 6.92 Å². The van der Waals surface area contributed by atoms with Gasteiger partial charge in [-0.05, 0) is 54.3 Å². The Hall–Kier alpha value is -2.82. The number of phenols is 1. The van der Waals surface area contributed by atoms with Gasteiger partial charge in [0.15, 0.2) is 0 Å². The number of hydrogen-bond acceptors (Lipinski definition) is 4. The molecule has 0 aliphatic heterocycles. The molecular weight excluding hydrogens is 302 g/mol. The molecule has 2 aromatic carbocycles. The second-order valence-corrected chi connectivity index (χ2v) is 6.16. The Balaban J connectivity index is 1.74. The van der Waals surface area contributed by atoms with Crippen molar-refractivity contribution in [1.29, 1.82) is 0 Å². The molecule has 3 aromatic rings. The van der Waals surface area contributed by atoms with Gasteiger partial charge >= 0.3 is 0 Å². The van der Waals surface area contributed by atoms with E-state index in [0.29, 0.717) is 12.5 Å². The standard InChI is InChI=1S/C19H21N3O2/c1-13(2)18-9-4-14(3)10-19(18)24-12-15-11-22(21-20-15)16-5-7-17(23)8-6-16/h4-11,13,23H,12H2,1-3H3. The summed E-state index contributed by atoms with van der Waals surface area (Å²) in [4.78, 5) is 0. The van der Waals surface area contributed by atoms with Crippen LogP contribution in [0.5, 0.6) is 11.5 Å². The molecule has 5 heteroatoms. The zero-order chi connectivity index (χ0) is 17.1. The summed E-state index contributed by atoms with van der Waals surface area (Å²) in [6.45, 7) is 6.72. The third kappa shape index (κ3) is 3.56. The average molecular weight is 323 g/mol. The van der Waals surface area contributed by atoms with E-state index >= 15 is 0 Å². The molecule has 0 saturated heterocycles. The molecule has 0 amide bonds. The molecule has 24 heavy (non-hydrogen) atoms. The number of ether oxygens (including phenoxy) is 1. The van der Waals surface area contributed by atoms with E-state index in [-0.39, 0.29) is 5.75 Å². The number of rotatable bonds is 5. The molecule has 0 atom stereocenters. The molecule has 0 unspecified atom stereocenters. The van der Waals surface area contributed by atoms with Crippen LogP contribution < -0.4 is 4.74 Å². The minimum Gasteiger partial charge on any atom is -0.508 e. The third-order valence-electron chi connectivity index (χ3n) is 3.82. The lowest BCUT2D eigenvalue weighted by atomic mass is 10.0. The summed E-state index contributed by atoms with van der Waals surface area (Å²) in [5.41, 5.74) is 3.94. The lowest BCUT2D eigenvalue weighted by Gasteiger charge is -2.14. The van der Waals surface area contributed by atoms with Gasteiger partial charge in [0, 0.05) is 0 Å². The third-order valence-corrected chi connectivity index (χ3v) is 3.82. The van der Waals surface area contributed by atoms with E-state index in [1.54, 1.807) is 28.9 Å². The zero-order valence-corrected chi connectivity index (χ0v) is 14.1. The number of nitrogens with zero attached hydrogens (tertiary/aromatic N) is 3. The molecule has 0 spiro atoms. The van der Waals surface area contributed by atoms with Crippen LogP contribution in [0.25, 0.3) is 5.69 Å². The van der Waals surface area contributed by atoms with E-state index < -0.39 is 0 Å². The van der Waals surface area contributed by atoms with Crippen LogP contribution in [0.3, 0.4) is 0 Å². The summed E-state index contributed by atoms with van der Waals surface area (Å²) in [5, 5.41) is 17.6. The van der Waals surface area contributed by atoms with Gasteiger partial charge in [0.25, 0.3) is 0 Å². The lowest BCUT2D eigenvalue weighted by Crippen LogP contribution is -2.00. The zero-order valence-electron chi connectivity index (χ0n) is 14.1. The molecule has 0 aliphatic rings. The molecule has 0 saturated carbocycles. The minimum absolute atomic E-state index is 0.225. The SMILES string of the molecule is Cc1ccc(C(C)C)c(OCc2cn(-c3ccc(O)cc3)nn2)c1. The highest BCUT2D eigenvalue weighted by Gasteiger charge is 2.10. The highest BCUT2D eigenvalue weighted by Crippen LogP contribution is 2.28. The van der Waals surface area contributed by atoms with Gasteiger partial charge in [0.05, 0.1) is 11.9 Å². The monoisotopic (exact) mass is 323 g/mol. The summed E-state index contributed by atoms with van der Waals surface area (Å²) in [6.07, 6.45) is 1.83. The predicted octanol–water partition coefficient (Wildman–Crippen LogP) is 3.98. The molecule has 1 N–H and O–H groups in total. The van der Waals surface area contributed by atoms with Crippen LogP contribution in [0.2, 0.25) is 0 Å². The molecule has 0 bridgehead atoms. The molecule has 0 aliphatic carbocycles. The maximum atomic E-state index is 9.35. The first-order chi connectivity index (χ1) is 11.5. The van der Waals surface area contributed by atoms with Crippen LogP contribution in [-0.2, 0) is 6.61 Å². The molecular formula is C19H21N3O2. The first-order valence-electron chi connectivity index (χ1n) is 7.97. The second-order valence-electron chi connectivity index (χ2n) is 6.16. The van der Waals surface area contributed by atoms with Crippen molar-refractivity contribution in [3.05, 3.63) is 65.5 Å². The first kappa shape index (κ1) is 16.1. The highest BCUT2D eigenvalue weighted by molar-refractivity contribution is 5.39. The summed E-state index contributed by atoms with van der Waals surface area (Å²) < 4.78 is 7.64. The quantitative estimate of drug-likeness (QED) is 0.771. The number of phenolic OH excluding ortho intramolecular Hbond substituents is 1. The molecule has 1 aromatic heterocycles. The number of aromatic hydroxyl groups is 1. The van der Waals surface area contributed by atoms with Crippen molar-refractivity contribution >= 4 is 0 Å². The van der Waals surface area contributed by atoms with E-state index in [1.165, 1.54) is 11.1 Å². The van der Waals surface area contributed by atoms with Crippen LogP contribution in [0.4, 0.5) is 0 Å². The van der Waals surface area contributed by atoms with Gasteiger partial charge in [-0.25, -0.2) is 4.68 Å². The molecule has 124 valence electrons. The van der Waals surface area contributed by atoms with Gasteiger partial charge in [-0.1, -0.05) is 31.2 Å². The van der Waals surface area contributed by atoms with Crippen molar-refractivity contribution in [1.82, 2.24) is 15.0 Å². The van der Waals surface area contributed by atoms with Crippen molar-refractivity contribution in [2.45, 2.75) is 33.3 Å². The van der Waals surface area contributed by atoms with Gasteiger partial charge in [0.1, 0.15) is 23.8 Å². The van der Waals surface area contributed by atoms with E-state index in [4.69, 9.17) is 4.74 Å². The first-order valence-corrected chi connectivity index (χ1v) is 7.97.